The average Bonchev–Trinajstić information content (AvgIpc) is 3.04. The topological polar surface area (TPSA) is 73.6 Å². The summed E-state index contributed by atoms with van der Waals surface area (Å²) in [5.41, 5.74) is 2.57. The average molecular weight is 358 g/mol. The minimum Gasteiger partial charge on any atom is -0.453 e. The third kappa shape index (κ3) is 3.65. The molecule has 0 bridgehead atoms. The quantitative estimate of drug-likeness (QED) is 0.494. The van der Waals surface area contributed by atoms with Crippen LogP contribution in [0.4, 0.5) is 0 Å². The Hall–Kier alpha value is -2.44. The summed E-state index contributed by atoms with van der Waals surface area (Å²) in [7, 11) is -3.99. The molecule has 1 aromatic heterocycles. The molecule has 0 saturated carbocycles. The molecular formula is C19H18O5S. The highest BCUT2D eigenvalue weighted by Crippen LogP contribution is 2.24. The van der Waals surface area contributed by atoms with Crippen LogP contribution in [0.3, 0.4) is 0 Å². The van der Waals surface area contributed by atoms with Gasteiger partial charge in [0.05, 0.1) is 4.90 Å². The fourth-order valence-corrected chi connectivity index (χ4v) is 3.38. The summed E-state index contributed by atoms with van der Waals surface area (Å²) in [5, 5.41) is 0.809. The zero-order valence-electron chi connectivity index (χ0n) is 14.0. The van der Waals surface area contributed by atoms with E-state index in [1.165, 1.54) is 12.1 Å². The highest BCUT2D eigenvalue weighted by atomic mass is 32.2. The van der Waals surface area contributed by atoms with Gasteiger partial charge in [0, 0.05) is 5.39 Å². The second-order valence-electron chi connectivity index (χ2n) is 5.75. The van der Waals surface area contributed by atoms with Gasteiger partial charge in [-0.25, -0.2) is 0 Å². The molecule has 6 heteroatoms. The first kappa shape index (κ1) is 17.4. The lowest BCUT2D eigenvalue weighted by atomic mass is 10.1. The fraction of sp³-hybridized carbons (Fsp3) is 0.211. The van der Waals surface area contributed by atoms with Crippen LogP contribution in [-0.2, 0) is 20.7 Å². The van der Waals surface area contributed by atoms with E-state index in [1.807, 2.05) is 32.0 Å². The van der Waals surface area contributed by atoms with Crippen LogP contribution in [0.1, 0.15) is 28.6 Å². The number of furan rings is 1. The van der Waals surface area contributed by atoms with Crippen LogP contribution in [-0.4, -0.2) is 20.8 Å². The number of carbonyl (C=O) groups is 1. The molecule has 0 amide bonds. The molecule has 0 aliphatic carbocycles. The number of para-hydroxylation sites is 1. The number of rotatable bonds is 6. The first-order chi connectivity index (χ1) is 11.9. The van der Waals surface area contributed by atoms with Crippen LogP contribution in [0, 0.1) is 6.92 Å². The number of Topliss-reactive ketones (excluding diaryl/α,β-unsaturated/α-hetero) is 1. The summed E-state index contributed by atoms with van der Waals surface area (Å²) in [4.78, 5) is 12.3. The smallest absolute Gasteiger partial charge is 0.297 e. The molecule has 25 heavy (non-hydrogen) atoms. The number of carbonyl (C=O) groups excluding carboxylic acids is 1. The summed E-state index contributed by atoms with van der Waals surface area (Å²) in [6.45, 7) is 3.25. The van der Waals surface area contributed by atoms with Crippen LogP contribution >= 0.6 is 0 Å². The second kappa shape index (κ2) is 6.82. The van der Waals surface area contributed by atoms with E-state index < -0.39 is 22.5 Å². The molecule has 3 rings (SSSR count). The predicted molar refractivity (Wildman–Crippen MR) is 94.2 cm³/mol. The van der Waals surface area contributed by atoms with Crippen molar-refractivity contribution >= 4 is 26.9 Å². The van der Waals surface area contributed by atoms with Crippen molar-refractivity contribution in [2.24, 2.45) is 0 Å². The summed E-state index contributed by atoms with van der Waals surface area (Å²) in [6, 6.07) is 13.5. The summed E-state index contributed by atoms with van der Waals surface area (Å²) >= 11 is 0. The number of hydrogen-bond donors (Lipinski definition) is 0. The van der Waals surface area contributed by atoms with E-state index in [4.69, 9.17) is 8.60 Å². The minimum atomic E-state index is -3.99. The van der Waals surface area contributed by atoms with Crippen molar-refractivity contribution in [2.45, 2.75) is 25.2 Å². The molecule has 0 radical (unpaired) electrons. The van der Waals surface area contributed by atoms with E-state index in [0.717, 1.165) is 22.9 Å². The number of benzene rings is 2. The molecule has 2 aromatic carbocycles. The van der Waals surface area contributed by atoms with Gasteiger partial charge in [-0.1, -0.05) is 42.8 Å². The molecule has 0 unspecified atom stereocenters. The minimum absolute atomic E-state index is 0.0174. The van der Waals surface area contributed by atoms with Crippen LogP contribution in [0.5, 0.6) is 0 Å². The first-order valence-electron chi connectivity index (χ1n) is 7.91. The summed E-state index contributed by atoms with van der Waals surface area (Å²) in [6.07, 6.45) is 0.775. The largest absolute Gasteiger partial charge is 0.453 e. The molecule has 1 heterocycles. The third-order valence-corrected chi connectivity index (χ3v) is 5.21. The zero-order chi connectivity index (χ0) is 18.0. The Morgan fingerprint density at radius 3 is 2.52 bits per heavy atom. The second-order valence-corrected chi connectivity index (χ2v) is 7.37. The predicted octanol–water partition coefficient (Wildman–Crippen LogP) is 3.89. The maximum absolute atomic E-state index is 12.3. The Labute approximate surface area is 146 Å². The Morgan fingerprint density at radius 2 is 1.84 bits per heavy atom. The van der Waals surface area contributed by atoms with E-state index in [0.29, 0.717) is 5.58 Å². The molecule has 0 N–H and O–H groups in total. The number of hydrogen-bond acceptors (Lipinski definition) is 5. The van der Waals surface area contributed by atoms with Gasteiger partial charge in [-0.3, -0.25) is 8.98 Å². The van der Waals surface area contributed by atoms with Gasteiger partial charge in [-0.05, 0) is 37.1 Å². The van der Waals surface area contributed by atoms with E-state index in [9.17, 15) is 13.2 Å². The lowest BCUT2D eigenvalue weighted by Gasteiger charge is -2.04. The Bertz CT molecular complexity index is 1010. The molecule has 130 valence electrons. The molecular weight excluding hydrogens is 340 g/mol. The van der Waals surface area contributed by atoms with Crippen molar-refractivity contribution < 1.29 is 21.8 Å². The van der Waals surface area contributed by atoms with Gasteiger partial charge in [-0.15, -0.1) is 0 Å². The Balaban J connectivity index is 1.77. The van der Waals surface area contributed by atoms with Gasteiger partial charge in [0.25, 0.3) is 10.1 Å². The molecule has 0 fully saturated rings. The normalized spacial score (nSPS) is 11.8. The zero-order valence-corrected chi connectivity index (χ0v) is 14.8. The monoisotopic (exact) mass is 358 g/mol. The molecule has 0 aliphatic heterocycles. The summed E-state index contributed by atoms with van der Waals surface area (Å²) < 4.78 is 34.8. The molecule has 5 nitrogen and oxygen atoms in total. The van der Waals surface area contributed by atoms with Gasteiger partial charge < -0.3 is 4.42 Å². The summed E-state index contributed by atoms with van der Waals surface area (Å²) in [5.74, 6) is -0.427. The van der Waals surface area contributed by atoms with Crippen LogP contribution in [0.2, 0.25) is 0 Å². The van der Waals surface area contributed by atoms with Gasteiger partial charge >= 0.3 is 0 Å². The van der Waals surface area contributed by atoms with E-state index >= 15 is 0 Å². The Morgan fingerprint density at radius 1 is 1.12 bits per heavy atom. The van der Waals surface area contributed by atoms with Gasteiger partial charge in [0.2, 0.25) is 5.78 Å². The molecule has 0 saturated heterocycles. The number of fused-ring (bicyclic) bond motifs is 1. The van der Waals surface area contributed by atoms with Crippen molar-refractivity contribution in [1.82, 2.24) is 0 Å². The third-order valence-electron chi connectivity index (χ3n) is 3.94. The van der Waals surface area contributed by atoms with E-state index in [1.54, 1.807) is 18.2 Å². The molecule has 0 spiro atoms. The SMILES string of the molecule is CCc1cccc2cc(C(=O)COS(=O)(=O)c3ccc(C)cc3)oc12. The van der Waals surface area contributed by atoms with E-state index in [2.05, 4.69) is 0 Å². The number of aryl methyl sites for hydroxylation is 2. The Kier molecular flexibility index (Phi) is 4.74. The lowest BCUT2D eigenvalue weighted by Crippen LogP contribution is -2.14. The fourth-order valence-electron chi connectivity index (χ4n) is 2.51. The maximum Gasteiger partial charge on any atom is 0.297 e. The maximum atomic E-state index is 12.3. The standard InChI is InChI=1S/C19H18O5S/c1-3-14-5-4-6-15-11-18(24-19(14)15)17(20)12-23-25(21,22)16-9-7-13(2)8-10-16/h4-11H,3,12H2,1-2H3. The van der Waals surface area contributed by atoms with Crippen molar-refractivity contribution in [1.29, 1.82) is 0 Å². The molecule has 3 aromatic rings. The van der Waals surface area contributed by atoms with Crippen LogP contribution < -0.4 is 0 Å². The highest BCUT2D eigenvalue weighted by molar-refractivity contribution is 7.86. The molecule has 0 atom stereocenters. The van der Waals surface area contributed by atoms with Gasteiger partial charge in [0.1, 0.15) is 12.2 Å². The van der Waals surface area contributed by atoms with Crippen molar-refractivity contribution in [2.75, 3.05) is 6.61 Å². The van der Waals surface area contributed by atoms with Crippen LogP contribution in [0.25, 0.3) is 11.0 Å². The first-order valence-corrected chi connectivity index (χ1v) is 9.32. The highest BCUT2D eigenvalue weighted by Gasteiger charge is 2.20. The van der Waals surface area contributed by atoms with Crippen molar-refractivity contribution in [3.05, 3.63) is 65.4 Å². The van der Waals surface area contributed by atoms with Crippen LogP contribution in [0.15, 0.2) is 57.8 Å². The van der Waals surface area contributed by atoms with E-state index in [-0.39, 0.29) is 10.7 Å². The lowest BCUT2D eigenvalue weighted by molar-refractivity contribution is 0.0899. The van der Waals surface area contributed by atoms with Crippen molar-refractivity contribution in [3.8, 4) is 0 Å². The van der Waals surface area contributed by atoms with Crippen molar-refractivity contribution in [3.63, 3.8) is 0 Å². The molecule has 0 aliphatic rings. The number of ketones is 1. The van der Waals surface area contributed by atoms with Gasteiger partial charge in [-0.2, -0.15) is 8.42 Å². The van der Waals surface area contributed by atoms with Gasteiger partial charge in [0.15, 0.2) is 5.76 Å².